The van der Waals surface area contributed by atoms with Crippen molar-refractivity contribution in [2.75, 3.05) is 6.54 Å². The number of rotatable bonds is 4. The summed E-state index contributed by atoms with van der Waals surface area (Å²) in [5.74, 6) is -0.555. The number of nitrogens with zero attached hydrogens (tertiary/aromatic N) is 2. The van der Waals surface area contributed by atoms with Crippen LogP contribution in [0.5, 0.6) is 0 Å². The highest BCUT2D eigenvalue weighted by Gasteiger charge is 2.12. The fraction of sp³-hybridized carbons (Fsp3) is 0.136. The van der Waals surface area contributed by atoms with Crippen molar-refractivity contribution in [3.63, 3.8) is 0 Å². The van der Waals surface area contributed by atoms with Crippen LogP contribution in [0.2, 0.25) is 0 Å². The molecule has 1 amide bonds. The molecule has 2 heterocycles. The topological polar surface area (TPSA) is 54.9 Å². The van der Waals surface area contributed by atoms with Crippen LogP contribution in [-0.4, -0.2) is 22.4 Å². The van der Waals surface area contributed by atoms with Crippen molar-refractivity contribution in [3.8, 4) is 0 Å². The van der Waals surface area contributed by atoms with Gasteiger partial charge in [0.2, 0.25) is 0 Å². The number of hydrogen-bond acceptors (Lipinski definition) is 3. The Morgan fingerprint density at radius 2 is 1.96 bits per heavy atom. The van der Waals surface area contributed by atoms with Crippen LogP contribution in [0.1, 0.15) is 21.6 Å². The summed E-state index contributed by atoms with van der Waals surface area (Å²) in [5.41, 5.74) is 3.71. The van der Waals surface area contributed by atoms with Gasteiger partial charge in [0.15, 0.2) is 0 Å². The molecule has 0 bridgehead atoms. The Bertz CT molecular complexity index is 1150. The first-order valence-corrected chi connectivity index (χ1v) is 8.79. The molecule has 0 saturated carbocycles. The lowest BCUT2D eigenvalue weighted by atomic mass is 10.1. The molecule has 0 aliphatic carbocycles. The molecule has 0 aliphatic rings. The largest absolute Gasteiger partial charge is 0.352 e. The summed E-state index contributed by atoms with van der Waals surface area (Å²) in [6.45, 7) is 2.28. The Balaban J connectivity index is 1.54. The number of carbonyl (C=O) groups excluding carboxylic acids is 1. The monoisotopic (exact) mass is 359 g/mol. The second kappa shape index (κ2) is 7.11. The minimum atomic E-state index is -0.365. The second-order valence-corrected chi connectivity index (χ2v) is 6.47. The average Bonchev–Trinajstić information content (AvgIpc) is 2.67. The van der Waals surface area contributed by atoms with Gasteiger partial charge in [0.1, 0.15) is 5.82 Å². The smallest absolute Gasteiger partial charge is 0.252 e. The number of para-hydroxylation sites is 1. The molecule has 134 valence electrons. The van der Waals surface area contributed by atoms with Gasteiger partial charge in [-0.3, -0.25) is 14.8 Å². The number of amides is 1. The van der Waals surface area contributed by atoms with E-state index in [0.29, 0.717) is 35.1 Å². The normalized spacial score (nSPS) is 11.0. The van der Waals surface area contributed by atoms with Crippen molar-refractivity contribution in [2.24, 2.45) is 0 Å². The van der Waals surface area contributed by atoms with Crippen LogP contribution < -0.4 is 5.32 Å². The molecule has 0 spiro atoms. The molecule has 0 unspecified atom stereocenters. The van der Waals surface area contributed by atoms with E-state index in [4.69, 9.17) is 0 Å². The highest BCUT2D eigenvalue weighted by Crippen LogP contribution is 2.20. The zero-order valence-electron chi connectivity index (χ0n) is 14.9. The van der Waals surface area contributed by atoms with Crippen molar-refractivity contribution < 1.29 is 9.18 Å². The highest BCUT2D eigenvalue weighted by atomic mass is 19.1. The number of hydrogen-bond donors (Lipinski definition) is 1. The molecule has 1 N–H and O–H groups in total. The summed E-state index contributed by atoms with van der Waals surface area (Å²) < 4.78 is 13.5. The third-order valence-electron chi connectivity index (χ3n) is 4.54. The first-order valence-electron chi connectivity index (χ1n) is 8.79. The molecule has 0 fully saturated rings. The summed E-state index contributed by atoms with van der Waals surface area (Å²) in [6, 6.07) is 16.0. The molecule has 0 saturated heterocycles. The molecule has 2 aromatic heterocycles. The molecule has 0 aliphatic heterocycles. The van der Waals surface area contributed by atoms with Crippen molar-refractivity contribution in [2.45, 2.75) is 13.3 Å². The van der Waals surface area contributed by atoms with Gasteiger partial charge in [-0.15, -0.1) is 0 Å². The standard InChI is InChI=1S/C22H18FN3O/c1-14-12-19(18-8-7-17(23)13-20(18)26-14)22(27)25-11-9-16-5-2-4-15-6-3-10-24-21(15)16/h2-8,10,12-13H,9,11H2,1H3,(H,25,27). The minimum Gasteiger partial charge on any atom is -0.352 e. The SMILES string of the molecule is Cc1cc(C(=O)NCCc2cccc3cccnc23)c2ccc(F)cc2n1. The number of nitrogens with one attached hydrogen (secondary N) is 1. The van der Waals surface area contributed by atoms with Gasteiger partial charge in [0.25, 0.3) is 5.91 Å². The Hall–Kier alpha value is -3.34. The van der Waals surface area contributed by atoms with Crippen LogP contribution in [-0.2, 0) is 6.42 Å². The zero-order valence-corrected chi connectivity index (χ0v) is 14.9. The maximum absolute atomic E-state index is 13.5. The van der Waals surface area contributed by atoms with E-state index in [0.717, 1.165) is 16.5 Å². The molecule has 0 atom stereocenters. The maximum atomic E-state index is 13.5. The van der Waals surface area contributed by atoms with Gasteiger partial charge in [0, 0.05) is 35.3 Å². The lowest BCUT2D eigenvalue weighted by molar-refractivity contribution is 0.0955. The minimum absolute atomic E-state index is 0.190. The zero-order chi connectivity index (χ0) is 18.8. The highest BCUT2D eigenvalue weighted by molar-refractivity contribution is 6.06. The van der Waals surface area contributed by atoms with E-state index in [1.165, 1.54) is 12.1 Å². The fourth-order valence-electron chi connectivity index (χ4n) is 3.30. The number of aryl methyl sites for hydroxylation is 1. The predicted octanol–water partition coefficient (Wildman–Crippen LogP) is 4.20. The quantitative estimate of drug-likeness (QED) is 0.594. The lowest BCUT2D eigenvalue weighted by Crippen LogP contribution is -2.26. The van der Waals surface area contributed by atoms with Crippen molar-refractivity contribution in [1.29, 1.82) is 0 Å². The van der Waals surface area contributed by atoms with E-state index in [9.17, 15) is 9.18 Å². The van der Waals surface area contributed by atoms with E-state index < -0.39 is 0 Å². The first-order chi connectivity index (χ1) is 13.1. The van der Waals surface area contributed by atoms with E-state index in [2.05, 4.69) is 15.3 Å². The number of carbonyl (C=O) groups is 1. The molecular weight excluding hydrogens is 341 g/mol. The van der Waals surface area contributed by atoms with Gasteiger partial charge in [-0.25, -0.2) is 4.39 Å². The maximum Gasteiger partial charge on any atom is 0.252 e. The average molecular weight is 359 g/mol. The number of benzene rings is 2. The van der Waals surface area contributed by atoms with Crippen molar-refractivity contribution >= 4 is 27.7 Å². The second-order valence-electron chi connectivity index (χ2n) is 6.47. The number of aromatic nitrogens is 2. The van der Waals surface area contributed by atoms with Gasteiger partial charge in [0.05, 0.1) is 16.6 Å². The summed E-state index contributed by atoms with van der Waals surface area (Å²) in [5, 5.41) is 4.69. The summed E-state index contributed by atoms with van der Waals surface area (Å²) in [7, 11) is 0. The number of fused-ring (bicyclic) bond motifs is 2. The molecule has 2 aromatic carbocycles. The van der Waals surface area contributed by atoms with Gasteiger partial charge in [-0.2, -0.15) is 0 Å². The fourth-order valence-corrected chi connectivity index (χ4v) is 3.30. The molecule has 4 rings (SSSR count). The van der Waals surface area contributed by atoms with Gasteiger partial charge in [-0.1, -0.05) is 24.3 Å². The summed E-state index contributed by atoms with van der Waals surface area (Å²) in [6.07, 6.45) is 2.45. The van der Waals surface area contributed by atoms with Crippen LogP contribution in [0.25, 0.3) is 21.8 Å². The molecule has 27 heavy (non-hydrogen) atoms. The Morgan fingerprint density at radius 1 is 1.11 bits per heavy atom. The Labute approximate surface area is 156 Å². The van der Waals surface area contributed by atoms with Crippen LogP contribution >= 0.6 is 0 Å². The van der Waals surface area contributed by atoms with Crippen molar-refractivity contribution in [1.82, 2.24) is 15.3 Å². The summed E-state index contributed by atoms with van der Waals surface area (Å²) in [4.78, 5) is 21.5. The molecule has 4 aromatic rings. The lowest BCUT2D eigenvalue weighted by Gasteiger charge is -2.10. The third kappa shape index (κ3) is 3.49. The molecule has 5 heteroatoms. The molecular formula is C22H18FN3O. The van der Waals surface area contributed by atoms with E-state index in [1.807, 2.05) is 30.3 Å². The number of pyridine rings is 2. The third-order valence-corrected chi connectivity index (χ3v) is 4.54. The summed E-state index contributed by atoms with van der Waals surface area (Å²) >= 11 is 0. The van der Waals surface area contributed by atoms with E-state index in [-0.39, 0.29) is 11.7 Å². The van der Waals surface area contributed by atoms with Crippen LogP contribution in [0.3, 0.4) is 0 Å². The Morgan fingerprint density at radius 3 is 2.85 bits per heavy atom. The van der Waals surface area contributed by atoms with Crippen LogP contribution in [0.4, 0.5) is 4.39 Å². The van der Waals surface area contributed by atoms with E-state index >= 15 is 0 Å². The van der Waals surface area contributed by atoms with Gasteiger partial charge >= 0.3 is 0 Å². The van der Waals surface area contributed by atoms with Gasteiger partial charge < -0.3 is 5.32 Å². The predicted molar refractivity (Wildman–Crippen MR) is 104 cm³/mol. The first kappa shape index (κ1) is 17.1. The molecule has 0 radical (unpaired) electrons. The van der Waals surface area contributed by atoms with Crippen molar-refractivity contribution in [3.05, 3.63) is 83.4 Å². The number of halogens is 1. The van der Waals surface area contributed by atoms with Crippen LogP contribution in [0, 0.1) is 12.7 Å². The molecule has 4 nitrogen and oxygen atoms in total. The van der Waals surface area contributed by atoms with Gasteiger partial charge in [-0.05, 0) is 43.2 Å². The van der Waals surface area contributed by atoms with E-state index in [1.54, 1.807) is 25.3 Å². The van der Waals surface area contributed by atoms with Crippen LogP contribution in [0.15, 0.2) is 60.8 Å². The Kier molecular flexibility index (Phi) is 4.50.